The molecule has 21 heavy (non-hydrogen) atoms. The van der Waals surface area contributed by atoms with E-state index in [0.717, 1.165) is 11.1 Å². The van der Waals surface area contributed by atoms with Gasteiger partial charge in [0, 0.05) is 6.61 Å². The zero-order valence-corrected chi connectivity index (χ0v) is 11.9. The number of hydrogen-bond acceptors (Lipinski definition) is 3. The molecule has 0 aliphatic rings. The van der Waals surface area contributed by atoms with Crippen LogP contribution in [0, 0.1) is 5.92 Å². The molecule has 0 amide bonds. The Balaban J connectivity index is 1.92. The molecule has 0 aliphatic carbocycles. The topological polar surface area (TPSA) is 46.5 Å². The molecular weight excluding hydrogens is 264 g/mol. The third-order valence-corrected chi connectivity index (χ3v) is 3.36. The smallest absolute Gasteiger partial charge is 0.309 e. The van der Waals surface area contributed by atoms with Gasteiger partial charge in [-0.2, -0.15) is 0 Å². The first-order valence-electron chi connectivity index (χ1n) is 7.15. The van der Waals surface area contributed by atoms with Crippen molar-refractivity contribution < 1.29 is 14.6 Å². The van der Waals surface area contributed by atoms with E-state index in [9.17, 15) is 4.79 Å². The van der Waals surface area contributed by atoms with Gasteiger partial charge in [0.25, 0.3) is 0 Å². The minimum atomic E-state index is -0.305. The maximum atomic E-state index is 12.2. The van der Waals surface area contributed by atoms with Crippen molar-refractivity contribution in [3.63, 3.8) is 0 Å². The highest BCUT2D eigenvalue weighted by atomic mass is 16.5. The van der Waals surface area contributed by atoms with E-state index in [1.54, 1.807) is 0 Å². The van der Waals surface area contributed by atoms with Crippen molar-refractivity contribution in [2.75, 3.05) is 6.61 Å². The molecule has 1 unspecified atom stereocenters. The average Bonchev–Trinajstić information content (AvgIpc) is 2.54. The van der Waals surface area contributed by atoms with Crippen molar-refractivity contribution in [1.29, 1.82) is 0 Å². The summed E-state index contributed by atoms with van der Waals surface area (Å²) >= 11 is 0. The second kappa shape index (κ2) is 8.22. The Morgan fingerprint density at radius 2 is 1.52 bits per heavy atom. The van der Waals surface area contributed by atoms with Gasteiger partial charge in [0.05, 0.1) is 5.92 Å². The fraction of sp³-hybridized carbons (Fsp3) is 0.278. The molecule has 1 atom stereocenters. The van der Waals surface area contributed by atoms with Crippen LogP contribution in [0.4, 0.5) is 0 Å². The third kappa shape index (κ3) is 5.04. The maximum Gasteiger partial charge on any atom is 0.309 e. The Hall–Kier alpha value is -2.13. The molecule has 2 rings (SSSR count). The molecule has 0 bridgehead atoms. The first-order valence-corrected chi connectivity index (χ1v) is 7.15. The third-order valence-electron chi connectivity index (χ3n) is 3.36. The minimum Gasteiger partial charge on any atom is -0.461 e. The van der Waals surface area contributed by atoms with Crippen LogP contribution in [0.2, 0.25) is 0 Å². The highest BCUT2D eigenvalue weighted by Crippen LogP contribution is 2.15. The van der Waals surface area contributed by atoms with Gasteiger partial charge in [-0.1, -0.05) is 60.7 Å². The standard InChI is InChI=1S/C18H20O3/c19-12-11-17(13-15-7-3-1-4-8-15)18(20)21-14-16-9-5-2-6-10-16/h1-10,17,19H,11-14H2. The summed E-state index contributed by atoms with van der Waals surface area (Å²) in [5, 5.41) is 9.14. The summed E-state index contributed by atoms with van der Waals surface area (Å²) in [6.45, 7) is 0.258. The number of benzene rings is 2. The Bertz CT molecular complexity index is 537. The summed E-state index contributed by atoms with van der Waals surface area (Å²) in [4.78, 5) is 12.2. The Kier molecular flexibility index (Phi) is 5.98. The SMILES string of the molecule is O=C(OCc1ccccc1)C(CCO)Cc1ccccc1. The van der Waals surface area contributed by atoms with E-state index in [1.807, 2.05) is 60.7 Å². The molecule has 0 heterocycles. The fourth-order valence-corrected chi connectivity index (χ4v) is 2.20. The Morgan fingerprint density at radius 3 is 2.10 bits per heavy atom. The van der Waals surface area contributed by atoms with E-state index in [2.05, 4.69) is 0 Å². The zero-order chi connectivity index (χ0) is 14.9. The molecule has 0 aromatic heterocycles. The number of rotatable bonds is 7. The Labute approximate surface area is 125 Å². The predicted octanol–water partition coefficient (Wildman–Crippen LogP) is 2.97. The molecule has 0 saturated carbocycles. The molecule has 0 spiro atoms. The number of hydrogen-bond donors (Lipinski definition) is 1. The summed E-state index contributed by atoms with van der Waals surface area (Å²) in [6.07, 6.45) is 1.01. The zero-order valence-electron chi connectivity index (χ0n) is 11.9. The molecular formula is C18H20O3. The number of carbonyl (C=O) groups is 1. The maximum absolute atomic E-state index is 12.2. The van der Waals surface area contributed by atoms with Gasteiger partial charge in [0.1, 0.15) is 6.61 Å². The quantitative estimate of drug-likeness (QED) is 0.795. The van der Waals surface area contributed by atoms with Gasteiger partial charge in [-0.3, -0.25) is 4.79 Å². The van der Waals surface area contributed by atoms with Crippen LogP contribution in [0.25, 0.3) is 0 Å². The number of aliphatic hydroxyl groups is 1. The highest BCUT2D eigenvalue weighted by Gasteiger charge is 2.20. The van der Waals surface area contributed by atoms with E-state index in [-0.39, 0.29) is 25.1 Å². The van der Waals surface area contributed by atoms with Crippen molar-refractivity contribution >= 4 is 5.97 Å². The largest absolute Gasteiger partial charge is 0.461 e. The highest BCUT2D eigenvalue weighted by molar-refractivity contribution is 5.72. The molecule has 0 radical (unpaired) electrons. The van der Waals surface area contributed by atoms with Crippen molar-refractivity contribution in [3.05, 3.63) is 71.8 Å². The fourth-order valence-electron chi connectivity index (χ4n) is 2.20. The van der Waals surface area contributed by atoms with Gasteiger partial charge in [-0.05, 0) is 24.0 Å². The van der Waals surface area contributed by atoms with Gasteiger partial charge in [-0.15, -0.1) is 0 Å². The number of ether oxygens (including phenoxy) is 1. The van der Waals surface area contributed by atoms with E-state index < -0.39 is 0 Å². The lowest BCUT2D eigenvalue weighted by Crippen LogP contribution is -2.21. The van der Waals surface area contributed by atoms with E-state index in [4.69, 9.17) is 9.84 Å². The number of carbonyl (C=O) groups excluding carboxylic acids is 1. The molecule has 3 heteroatoms. The summed E-state index contributed by atoms with van der Waals surface area (Å²) < 4.78 is 5.36. The van der Waals surface area contributed by atoms with Gasteiger partial charge >= 0.3 is 5.97 Å². The molecule has 2 aromatic carbocycles. The normalized spacial score (nSPS) is 11.9. The summed E-state index contributed by atoms with van der Waals surface area (Å²) in [6, 6.07) is 19.4. The van der Waals surface area contributed by atoms with Crippen LogP contribution in [-0.4, -0.2) is 17.7 Å². The first kappa shape index (κ1) is 15.3. The van der Waals surface area contributed by atoms with Crippen LogP contribution in [0.3, 0.4) is 0 Å². The van der Waals surface area contributed by atoms with Gasteiger partial charge in [0.15, 0.2) is 0 Å². The van der Waals surface area contributed by atoms with Crippen LogP contribution >= 0.6 is 0 Å². The number of aliphatic hydroxyl groups excluding tert-OH is 1. The van der Waals surface area contributed by atoms with Crippen molar-refractivity contribution in [3.8, 4) is 0 Å². The molecule has 110 valence electrons. The van der Waals surface area contributed by atoms with Gasteiger partial charge in [0.2, 0.25) is 0 Å². The van der Waals surface area contributed by atoms with Gasteiger partial charge in [-0.25, -0.2) is 0 Å². The summed E-state index contributed by atoms with van der Waals surface area (Å²) in [5.41, 5.74) is 2.04. The van der Waals surface area contributed by atoms with Crippen LogP contribution in [0.5, 0.6) is 0 Å². The predicted molar refractivity (Wildman–Crippen MR) is 81.6 cm³/mol. The van der Waals surface area contributed by atoms with Crippen molar-refractivity contribution in [1.82, 2.24) is 0 Å². The second-order valence-electron chi connectivity index (χ2n) is 4.99. The first-order chi connectivity index (χ1) is 10.3. The van der Waals surface area contributed by atoms with Crippen LogP contribution in [0.1, 0.15) is 17.5 Å². The lowest BCUT2D eigenvalue weighted by Gasteiger charge is -2.15. The minimum absolute atomic E-state index is 0.0159. The molecule has 0 fully saturated rings. The van der Waals surface area contributed by atoms with E-state index in [1.165, 1.54) is 0 Å². The lowest BCUT2D eigenvalue weighted by atomic mass is 9.96. The lowest BCUT2D eigenvalue weighted by molar-refractivity contribution is -0.150. The van der Waals surface area contributed by atoms with E-state index in [0.29, 0.717) is 12.8 Å². The summed E-state index contributed by atoms with van der Waals surface area (Å²) in [7, 11) is 0. The van der Waals surface area contributed by atoms with Crippen LogP contribution in [-0.2, 0) is 22.6 Å². The van der Waals surface area contributed by atoms with Crippen LogP contribution < -0.4 is 0 Å². The number of esters is 1. The Morgan fingerprint density at radius 1 is 0.952 bits per heavy atom. The molecule has 3 nitrogen and oxygen atoms in total. The van der Waals surface area contributed by atoms with Crippen molar-refractivity contribution in [2.24, 2.45) is 5.92 Å². The van der Waals surface area contributed by atoms with Gasteiger partial charge < -0.3 is 9.84 Å². The summed E-state index contributed by atoms with van der Waals surface area (Å²) in [5.74, 6) is -0.558. The molecule has 0 aliphatic heterocycles. The monoisotopic (exact) mass is 284 g/mol. The molecule has 2 aromatic rings. The van der Waals surface area contributed by atoms with E-state index >= 15 is 0 Å². The average molecular weight is 284 g/mol. The van der Waals surface area contributed by atoms with Crippen LogP contribution in [0.15, 0.2) is 60.7 Å². The second-order valence-corrected chi connectivity index (χ2v) is 4.99. The molecule has 0 saturated heterocycles. The molecule has 1 N–H and O–H groups in total. The van der Waals surface area contributed by atoms with Crippen molar-refractivity contribution in [2.45, 2.75) is 19.4 Å².